The first-order valence-electron chi connectivity index (χ1n) is 10.1. The normalized spacial score (nSPS) is 14.3. The van der Waals surface area contributed by atoms with E-state index in [1.807, 2.05) is 35.2 Å². The summed E-state index contributed by atoms with van der Waals surface area (Å²) in [6.07, 6.45) is 0. The van der Waals surface area contributed by atoms with Gasteiger partial charge in [-0.1, -0.05) is 36.0 Å². The molecule has 0 atom stereocenters. The molecule has 0 bridgehead atoms. The van der Waals surface area contributed by atoms with E-state index in [0.717, 1.165) is 5.56 Å². The molecule has 2 heterocycles. The minimum absolute atomic E-state index is 0.0154. The fourth-order valence-electron chi connectivity index (χ4n) is 3.31. The van der Waals surface area contributed by atoms with Crippen molar-refractivity contribution in [3.05, 3.63) is 60.4 Å². The highest BCUT2D eigenvalue weighted by molar-refractivity contribution is 7.99. The van der Waals surface area contributed by atoms with Gasteiger partial charge in [0.05, 0.1) is 12.3 Å². The molecule has 1 fully saturated rings. The monoisotopic (exact) mass is 455 g/mol. The van der Waals surface area contributed by atoms with Gasteiger partial charge in [-0.05, 0) is 30.3 Å². The van der Waals surface area contributed by atoms with Crippen LogP contribution in [0.3, 0.4) is 0 Å². The minimum atomic E-state index is -0.399. The SMILES string of the molecule is O=C(CN1CCN(C(=O)CSc2nnc(-c3ccccc3)o2)CC1)Nc1cccc(F)c1. The third kappa shape index (κ3) is 5.92. The largest absolute Gasteiger partial charge is 0.411 e. The number of amides is 2. The Morgan fingerprint density at radius 1 is 1.03 bits per heavy atom. The fourth-order valence-corrected chi connectivity index (χ4v) is 3.97. The molecule has 1 aromatic heterocycles. The van der Waals surface area contributed by atoms with E-state index in [-0.39, 0.29) is 24.1 Å². The average molecular weight is 456 g/mol. The van der Waals surface area contributed by atoms with Gasteiger partial charge in [0.2, 0.25) is 17.7 Å². The van der Waals surface area contributed by atoms with Crippen molar-refractivity contribution in [3.8, 4) is 11.5 Å². The Morgan fingerprint density at radius 2 is 1.81 bits per heavy atom. The number of thioether (sulfide) groups is 1. The molecule has 1 N–H and O–H groups in total. The zero-order valence-electron chi connectivity index (χ0n) is 17.2. The van der Waals surface area contributed by atoms with Crippen molar-refractivity contribution in [1.82, 2.24) is 20.0 Å². The molecule has 1 aliphatic heterocycles. The topological polar surface area (TPSA) is 91.6 Å². The Labute approximate surface area is 188 Å². The second-order valence-electron chi connectivity index (χ2n) is 7.24. The van der Waals surface area contributed by atoms with Crippen molar-refractivity contribution in [3.63, 3.8) is 0 Å². The number of nitrogens with zero attached hydrogens (tertiary/aromatic N) is 4. The van der Waals surface area contributed by atoms with Crippen LogP contribution in [0.5, 0.6) is 0 Å². The van der Waals surface area contributed by atoms with Crippen LogP contribution >= 0.6 is 11.8 Å². The van der Waals surface area contributed by atoms with Gasteiger partial charge in [0, 0.05) is 37.4 Å². The summed E-state index contributed by atoms with van der Waals surface area (Å²) in [5.41, 5.74) is 1.26. The van der Waals surface area contributed by atoms with Gasteiger partial charge in [-0.3, -0.25) is 14.5 Å². The smallest absolute Gasteiger partial charge is 0.277 e. The summed E-state index contributed by atoms with van der Waals surface area (Å²) in [5, 5.41) is 11.1. The zero-order valence-corrected chi connectivity index (χ0v) is 18.1. The number of anilines is 1. The van der Waals surface area contributed by atoms with Crippen molar-refractivity contribution < 1.29 is 18.4 Å². The van der Waals surface area contributed by atoms with E-state index in [0.29, 0.717) is 43.0 Å². The van der Waals surface area contributed by atoms with Gasteiger partial charge in [0.1, 0.15) is 5.82 Å². The van der Waals surface area contributed by atoms with Gasteiger partial charge in [0.25, 0.3) is 5.22 Å². The Hall–Kier alpha value is -3.24. The lowest BCUT2D eigenvalue weighted by molar-refractivity contribution is -0.130. The number of hydrogen-bond donors (Lipinski definition) is 1. The zero-order chi connectivity index (χ0) is 22.3. The van der Waals surface area contributed by atoms with Gasteiger partial charge in [-0.15, -0.1) is 10.2 Å². The third-order valence-electron chi connectivity index (χ3n) is 4.95. The van der Waals surface area contributed by atoms with Crippen LogP contribution in [0.15, 0.2) is 64.2 Å². The van der Waals surface area contributed by atoms with Crippen LogP contribution in [0.25, 0.3) is 11.5 Å². The first-order chi connectivity index (χ1) is 15.6. The average Bonchev–Trinajstić information content (AvgIpc) is 3.28. The number of halogens is 1. The van der Waals surface area contributed by atoms with Crippen LogP contribution in [-0.2, 0) is 9.59 Å². The molecule has 2 amide bonds. The van der Waals surface area contributed by atoms with Crippen molar-refractivity contribution in [2.24, 2.45) is 0 Å². The van der Waals surface area contributed by atoms with Gasteiger partial charge >= 0.3 is 0 Å². The van der Waals surface area contributed by atoms with Crippen molar-refractivity contribution in [2.75, 3.05) is 43.8 Å². The Bertz CT molecular complexity index is 1070. The van der Waals surface area contributed by atoms with E-state index in [1.165, 1.54) is 23.9 Å². The number of carbonyl (C=O) groups is 2. The molecule has 8 nitrogen and oxygen atoms in total. The molecule has 0 radical (unpaired) electrons. The van der Waals surface area contributed by atoms with Crippen LogP contribution < -0.4 is 5.32 Å². The molecular weight excluding hydrogens is 433 g/mol. The van der Waals surface area contributed by atoms with Crippen LogP contribution in [-0.4, -0.2) is 70.3 Å². The Morgan fingerprint density at radius 3 is 2.56 bits per heavy atom. The number of carbonyl (C=O) groups excluding carboxylic acids is 2. The lowest BCUT2D eigenvalue weighted by Gasteiger charge is -2.34. The van der Waals surface area contributed by atoms with Gasteiger partial charge in [-0.2, -0.15) is 0 Å². The Kier molecular flexibility index (Phi) is 7.13. The lowest BCUT2D eigenvalue weighted by Crippen LogP contribution is -2.50. The number of hydrogen-bond acceptors (Lipinski definition) is 7. The predicted molar refractivity (Wildman–Crippen MR) is 119 cm³/mol. The minimum Gasteiger partial charge on any atom is -0.411 e. The number of rotatable bonds is 7. The summed E-state index contributed by atoms with van der Waals surface area (Å²) in [6.45, 7) is 2.44. The van der Waals surface area contributed by atoms with Crippen molar-refractivity contribution in [1.29, 1.82) is 0 Å². The van der Waals surface area contributed by atoms with E-state index in [4.69, 9.17) is 4.42 Å². The molecule has 166 valence electrons. The van der Waals surface area contributed by atoms with Crippen molar-refractivity contribution in [2.45, 2.75) is 5.22 Å². The summed E-state index contributed by atoms with van der Waals surface area (Å²) in [7, 11) is 0. The lowest BCUT2D eigenvalue weighted by atomic mass is 10.2. The molecule has 4 rings (SSSR count). The second kappa shape index (κ2) is 10.4. The number of piperazine rings is 1. The van der Waals surface area contributed by atoms with Crippen LogP contribution in [0.1, 0.15) is 0 Å². The van der Waals surface area contributed by atoms with Gasteiger partial charge in [0.15, 0.2) is 0 Å². The van der Waals surface area contributed by atoms with E-state index in [2.05, 4.69) is 15.5 Å². The van der Waals surface area contributed by atoms with E-state index in [9.17, 15) is 14.0 Å². The molecule has 1 aliphatic rings. The molecule has 3 aromatic rings. The summed E-state index contributed by atoms with van der Waals surface area (Å²) < 4.78 is 18.8. The highest BCUT2D eigenvalue weighted by atomic mass is 32.2. The molecular formula is C22H22FN5O3S. The predicted octanol–water partition coefficient (Wildman–Crippen LogP) is 2.75. The van der Waals surface area contributed by atoms with Gasteiger partial charge < -0.3 is 14.6 Å². The van der Waals surface area contributed by atoms with E-state index >= 15 is 0 Å². The molecule has 0 spiro atoms. The summed E-state index contributed by atoms with van der Waals surface area (Å²) in [6, 6.07) is 15.2. The second-order valence-corrected chi connectivity index (χ2v) is 8.17. The molecule has 0 unspecified atom stereocenters. The third-order valence-corrected chi connectivity index (χ3v) is 5.75. The molecule has 0 saturated carbocycles. The fraction of sp³-hybridized carbons (Fsp3) is 0.273. The molecule has 32 heavy (non-hydrogen) atoms. The molecule has 2 aromatic carbocycles. The summed E-state index contributed by atoms with van der Waals surface area (Å²) >= 11 is 1.21. The highest BCUT2D eigenvalue weighted by Gasteiger charge is 2.23. The molecule has 0 aliphatic carbocycles. The van der Waals surface area contributed by atoms with Crippen LogP contribution in [0.4, 0.5) is 10.1 Å². The molecule has 10 heteroatoms. The van der Waals surface area contributed by atoms with E-state index < -0.39 is 5.82 Å². The summed E-state index contributed by atoms with van der Waals surface area (Å²) in [5.74, 6) is 0.00129. The standard InChI is InChI=1S/C22H22FN5O3S/c23-17-7-4-8-18(13-17)24-19(29)14-27-9-11-28(12-10-27)20(30)15-32-22-26-25-21(31-22)16-5-2-1-3-6-16/h1-8,13H,9-12,14-15H2,(H,24,29). The first kappa shape index (κ1) is 22.0. The highest BCUT2D eigenvalue weighted by Crippen LogP contribution is 2.23. The maximum Gasteiger partial charge on any atom is 0.277 e. The maximum absolute atomic E-state index is 13.2. The van der Waals surface area contributed by atoms with E-state index in [1.54, 1.807) is 17.0 Å². The Balaban J connectivity index is 1.19. The van der Waals surface area contributed by atoms with Crippen molar-refractivity contribution >= 4 is 29.3 Å². The van der Waals surface area contributed by atoms with Crippen LogP contribution in [0.2, 0.25) is 0 Å². The maximum atomic E-state index is 13.2. The first-order valence-corrected chi connectivity index (χ1v) is 11.1. The number of aromatic nitrogens is 2. The number of nitrogens with one attached hydrogen (secondary N) is 1. The molecule has 1 saturated heterocycles. The number of benzene rings is 2. The quantitative estimate of drug-likeness (QED) is 0.548. The summed E-state index contributed by atoms with van der Waals surface area (Å²) in [4.78, 5) is 28.5. The van der Waals surface area contributed by atoms with Gasteiger partial charge in [-0.25, -0.2) is 4.39 Å². The van der Waals surface area contributed by atoms with Crippen LogP contribution in [0, 0.1) is 5.82 Å².